The van der Waals surface area contributed by atoms with Crippen LogP contribution in [0.1, 0.15) is 24.6 Å². The number of hydrogen-bond acceptors (Lipinski definition) is 3. The van der Waals surface area contributed by atoms with Gasteiger partial charge in [-0.2, -0.15) is 0 Å². The van der Waals surface area contributed by atoms with Crippen molar-refractivity contribution in [1.29, 1.82) is 0 Å². The predicted molar refractivity (Wildman–Crippen MR) is 99.7 cm³/mol. The molecule has 0 radical (unpaired) electrons. The smallest absolute Gasteiger partial charge is 0.123 e. The number of nitrogens with zero attached hydrogens (tertiary/aromatic N) is 3. The van der Waals surface area contributed by atoms with E-state index in [4.69, 9.17) is 23.2 Å². The molecule has 0 spiro atoms. The summed E-state index contributed by atoms with van der Waals surface area (Å²) in [7, 11) is 0. The molecule has 25 heavy (non-hydrogen) atoms. The molecule has 0 amide bonds. The Balaban J connectivity index is 1.65. The van der Waals surface area contributed by atoms with Gasteiger partial charge in [-0.05, 0) is 49.2 Å². The van der Waals surface area contributed by atoms with Crippen molar-refractivity contribution in [2.45, 2.75) is 29.5 Å². The zero-order valence-electron chi connectivity index (χ0n) is 13.1. The van der Waals surface area contributed by atoms with Crippen LogP contribution in [0.3, 0.4) is 0 Å². The van der Waals surface area contributed by atoms with E-state index in [1.165, 1.54) is 12.1 Å². The maximum Gasteiger partial charge on any atom is 0.123 e. The van der Waals surface area contributed by atoms with Crippen molar-refractivity contribution in [1.82, 2.24) is 15.0 Å². The normalized spacial score (nSPS) is 14.0. The highest BCUT2D eigenvalue weighted by molar-refractivity contribution is 7.98. The van der Waals surface area contributed by atoms with Gasteiger partial charge in [-0.3, -0.25) is 0 Å². The predicted octanol–water partition coefficient (Wildman–Crippen LogP) is 6.02. The largest absolute Gasteiger partial charge is 0.241 e. The van der Waals surface area contributed by atoms with Crippen LogP contribution in [0.15, 0.2) is 47.4 Å². The Morgan fingerprint density at radius 2 is 1.84 bits per heavy atom. The summed E-state index contributed by atoms with van der Waals surface area (Å²) in [6.07, 6.45) is 2.23. The van der Waals surface area contributed by atoms with Crippen LogP contribution in [0.25, 0.3) is 11.3 Å². The zero-order chi connectivity index (χ0) is 17.4. The maximum atomic E-state index is 13.0. The molecule has 1 aromatic heterocycles. The molecule has 1 heterocycles. The molecule has 128 valence electrons. The number of rotatable bonds is 5. The summed E-state index contributed by atoms with van der Waals surface area (Å²) in [6, 6.07) is 12.5. The average molecular weight is 394 g/mol. The first kappa shape index (κ1) is 16.9. The van der Waals surface area contributed by atoms with Crippen molar-refractivity contribution in [3.63, 3.8) is 0 Å². The molecule has 0 saturated heterocycles. The van der Waals surface area contributed by atoms with Gasteiger partial charge in [-0.25, -0.2) is 9.07 Å². The van der Waals surface area contributed by atoms with E-state index in [0.29, 0.717) is 21.8 Å². The van der Waals surface area contributed by atoms with Gasteiger partial charge < -0.3 is 0 Å². The average Bonchev–Trinajstić information content (AvgIpc) is 3.37. The first-order chi connectivity index (χ1) is 12.1. The zero-order valence-corrected chi connectivity index (χ0v) is 15.5. The lowest BCUT2D eigenvalue weighted by atomic mass is 10.1. The molecule has 0 atom stereocenters. The van der Waals surface area contributed by atoms with E-state index < -0.39 is 0 Å². The number of halogens is 3. The van der Waals surface area contributed by atoms with Crippen molar-refractivity contribution in [2.24, 2.45) is 0 Å². The lowest BCUT2D eigenvalue weighted by molar-refractivity contribution is 0.616. The fourth-order valence-electron chi connectivity index (χ4n) is 2.62. The van der Waals surface area contributed by atoms with Gasteiger partial charge in [-0.1, -0.05) is 34.5 Å². The summed E-state index contributed by atoms with van der Waals surface area (Å²) in [4.78, 5) is 0.988. The molecule has 1 aliphatic rings. The molecule has 1 fully saturated rings. The summed E-state index contributed by atoms with van der Waals surface area (Å²) >= 11 is 13.8. The van der Waals surface area contributed by atoms with Crippen molar-refractivity contribution in [2.75, 3.05) is 0 Å². The van der Waals surface area contributed by atoms with Crippen LogP contribution in [-0.2, 0) is 5.75 Å². The minimum atomic E-state index is -0.236. The molecule has 0 N–H and O–H groups in total. The minimum Gasteiger partial charge on any atom is -0.241 e. The molecule has 0 aliphatic heterocycles. The maximum absolute atomic E-state index is 13.0. The Hall–Kier alpha value is -1.56. The monoisotopic (exact) mass is 393 g/mol. The standard InChI is InChI=1S/C18H14Cl2FN3S/c19-15-8-1-11(9-16(15)20)18-17(22-23-24(18)13-4-5-13)10-25-14-6-2-12(21)3-7-14/h1-3,6-9,13H,4-5,10H2. The van der Waals surface area contributed by atoms with Gasteiger partial charge in [0.15, 0.2) is 0 Å². The van der Waals surface area contributed by atoms with Gasteiger partial charge in [-0.15, -0.1) is 16.9 Å². The molecule has 0 unspecified atom stereocenters. The van der Waals surface area contributed by atoms with E-state index in [2.05, 4.69) is 10.3 Å². The molecular formula is C18H14Cl2FN3S. The van der Waals surface area contributed by atoms with E-state index in [-0.39, 0.29) is 5.82 Å². The van der Waals surface area contributed by atoms with E-state index in [1.54, 1.807) is 30.0 Å². The molecule has 1 saturated carbocycles. The van der Waals surface area contributed by atoms with Crippen LogP contribution in [0, 0.1) is 5.82 Å². The molecule has 7 heteroatoms. The van der Waals surface area contributed by atoms with Crippen LogP contribution in [0.5, 0.6) is 0 Å². The number of aromatic nitrogens is 3. The number of thioether (sulfide) groups is 1. The van der Waals surface area contributed by atoms with Crippen LogP contribution in [0.4, 0.5) is 4.39 Å². The van der Waals surface area contributed by atoms with E-state index in [1.807, 2.05) is 16.8 Å². The van der Waals surface area contributed by atoms with Crippen molar-refractivity contribution in [3.05, 3.63) is 64.0 Å². The lowest BCUT2D eigenvalue weighted by Gasteiger charge is -2.09. The summed E-state index contributed by atoms with van der Waals surface area (Å²) < 4.78 is 15.0. The van der Waals surface area contributed by atoms with Gasteiger partial charge in [0, 0.05) is 16.2 Å². The summed E-state index contributed by atoms with van der Waals surface area (Å²) in [6.45, 7) is 0. The van der Waals surface area contributed by atoms with Crippen molar-refractivity contribution < 1.29 is 4.39 Å². The molecule has 3 nitrogen and oxygen atoms in total. The van der Waals surface area contributed by atoms with Crippen LogP contribution >= 0.6 is 35.0 Å². The Labute approximate surface area is 159 Å². The quantitative estimate of drug-likeness (QED) is 0.496. The molecule has 0 bridgehead atoms. The van der Waals surface area contributed by atoms with Gasteiger partial charge in [0.25, 0.3) is 0 Å². The fraction of sp³-hybridized carbons (Fsp3) is 0.222. The molecule has 2 aromatic carbocycles. The van der Waals surface area contributed by atoms with Crippen molar-refractivity contribution >= 4 is 35.0 Å². The van der Waals surface area contributed by atoms with Gasteiger partial charge in [0.05, 0.1) is 21.8 Å². The SMILES string of the molecule is Fc1ccc(SCc2nnn(C3CC3)c2-c2ccc(Cl)c(Cl)c2)cc1. The summed E-state index contributed by atoms with van der Waals surface area (Å²) in [5, 5.41) is 9.77. The van der Waals surface area contributed by atoms with E-state index >= 15 is 0 Å². The summed E-state index contributed by atoms with van der Waals surface area (Å²) in [5.41, 5.74) is 2.83. The highest BCUT2D eigenvalue weighted by Crippen LogP contribution is 2.40. The fourth-order valence-corrected chi connectivity index (χ4v) is 3.75. The van der Waals surface area contributed by atoms with Gasteiger partial charge in [0.1, 0.15) is 11.5 Å². The molecular weight excluding hydrogens is 380 g/mol. The third-order valence-electron chi connectivity index (χ3n) is 4.04. The third kappa shape index (κ3) is 3.68. The second-order valence-corrected chi connectivity index (χ2v) is 7.80. The van der Waals surface area contributed by atoms with E-state index in [0.717, 1.165) is 34.7 Å². The topological polar surface area (TPSA) is 30.7 Å². The second-order valence-electron chi connectivity index (χ2n) is 5.93. The van der Waals surface area contributed by atoms with Gasteiger partial charge >= 0.3 is 0 Å². The number of hydrogen-bond donors (Lipinski definition) is 0. The van der Waals surface area contributed by atoms with Crippen LogP contribution in [0.2, 0.25) is 10.0 Å². The van der Waals surface area contributed by atoms with Crippen molar-refractivity contribution in [3.8, 4) is 11.3 Å². The molecule has 4 rings (SSSR count). The summed E-state index contributed by atoms with van der Waals surface area (Å²) in [5.74, 6) is 0.411. The second kappa shape index (κ2) is 6.98. The minimum absolute atomic E-state index is 0.236. The highest BCUT2D eigenvalue weighted by atomic mass is 35.5. The first-order valence-corrected chi connectivity index (χ1v) is 9.64. The molecule has 3 aromatic rings. The lowest BCUT2D eigenvalue weighted by Crippen LogP contribution is -2.00. The van der Waals surface area contributed by atoms with Crippen LogP contribution < -0.4 is 0 Å². The Morgan fingerprint density at radius 3 is 2.52 bits per heavy atom. The number of benzene rings is 2. The Morgan fingerprint density at radius 1 is 1.08 bits per heavy atom. The molecule has 1 aliphatic carbocycles. The third-order valence-corrected chi connectivity index (χ3v) is 5.80. The highest BCUT2D eigenvalue weighted by Gasteiger charge is 2.29. The Bertz CT molecular complexity index is 907. The van der Waals surface area contributed by atoms with Crippen LogP contribution in [-0.4, -0.2) is 15.0 Å². The van der Waals surface area contributed by atoms with E-state index in [9.17, 15) is 4.39 Å². The first-order valence-electron chi connectivity index (χ1n) is 7.89. The Kier molecular flexibility index (Phi) is 4.71. The van der Waals surface area contributed by atoms with Gasteiger partial charge in [0.2, 0.25) is 0 Å².